The van der Waals surface area contributed by atoms with Gasteiger partial charge in [-0.1, -0.05) is 0 Å². The number of nitro groups is 1. The van der Waals surface area contributed by atoms with E-state index in [2.05, 4.69) is 15.3 Å². The van der Waals surface area contributed by atoms with Crippen molar-refractivity contribution in [2.24, 2.45) is 0 Å². The summed E-state index contributed by atoms with van der Waals surface area (Å²) in [5, 5.41) is 23.7. The number of aromatic nitrogens is 2. The third-order valence-corrected chi connectivity index (χ3v) is 3.60. The van der Waals surface area contributed by atoms with Gasteiger partial charge in [0.1, 0.15) is 5.01 Å². The van der Waals surface area contributed by atoms with E-state index in [1.807, 2.05) is 0 Å². The fraction of sp³-hybridized carbons (Fsp3) is 0.182. The van der Waals surface area contributed by atoms with Crippen molar-refractivity contribution in [2.75, 3.05) is 0 Å². The fourth-order valence-electron chi connectivity index (χ4n) is 1.54. The Morgan fingerprint density at radius 2 is 2.24 bits per heavy atom. The zero-order chi connectivity index (χ0) is 15.6. The number of hydrogen-bond acceptors (Lipinski definition) is 6. The van der Waals surface area contributed by atoms with Crippen molar-refractivity contribution in [3.63, 3.8) is 0 Å². The second kappa shape index (κ2) is 5.71. The van der Waals surface area contributed by atoms with Crippen LogP contribution in [0.3, 0.4) is 0 Å². The molecular formula is C11H10N4O5S. The van der Waals surface area contributed by atoms with Crippen molar-refractivity contribution in [2.45, 2.75) is 13.0 Å². The Balaban J connectivity index is 2.06. The molecule has 21 heavy (non-hydrogen) atoms. The van der Waals surface area contributed by atoms with Gasteiger partial charge in [-0.25, -0.2) is 14.8 Å². The summed E-state index contributed by atoms with van der Waals surface area (Å²) in [6, 6.07) is 1.97. The van der Waals surface area contributed by atoms with Gasteiger partial charge in [0.2, 0.25) is 0 Å². The smallest absolute Gasteiger partial charge is 0.355 e. The highest BCUT2D eigenvalue weighted by Crippen LogP contribution is 2.19. The van der Waals surface area contributed by atoms with E-state index in [1.165, 1.54) is 17.5 Å². The second-order valence-corrected chi connectivity index (χ2v) is 4.98. The molecule has 0 aliphatic rings. The van der Waals surface area contributed by atoms with Crippen LogP contribution in [0.1, 0.15) is 39.0 Å². The number of nitrogens with one attached hydrogen (secondary N) is 2. The van der Waals surface area contributed by atoms with Gasteiger partial charge in [0, 0.05) is 11.4 Å². The standard InChI is InChI=1S/C11H10N4O5S/c1-5(10-14-7(4-21-10)11(17)18)12-9(16)6-2-3-8(13-6)15(19)20/h2-5,13H,1H3,(H,12,16)(H,17,18). The number of rotatable bonds is 5. The Hall–Kier alpha value is -2.75. The summed E-state index contributed by atoms with van der Waals surface area (Å²) < 4.78 is 0. The Bertz CT molecular complexity index is 707. The Kier molecular flexibility index (Phi) is 3.98. The molecule has 0 aromatic carbocycles. The van der Waals surface area contributed by atoms with Crippen LogP contribution in [0.5, 0.6) is 0 Å². The molecule has 1 atom stereocenters. The van der Waals surface area contributed by atoms with E-state index >= 15 is 0 Å². The van der Waals surface area contributed by atoms with Crippen LogP contribution in [-0.4, -0.2) is 31.9 Å². The molecule has 2 aromatic rings. The maximum atomic E-state index is 11.9. The van der Waals surface area contributed by atoms with E-state index in [-0.39, 0.29) is 17.2 Å². The maximum absolute atomic E-state index is 11.9. The molecule has 0 fully saturated rings. The summed E-state index contributed by atoms with van der Waals surface area (Å²) in [5.74, 6) is -1.96. The van der Waals surface area contributed by atoms with Crippen LogP contribution >= 0.6 is 11.3 Å². The first-order valence-corrected chi connectivity index (χ1v) is 6.59. The number of H-pyrrole nitrogens is 1. The number of carbonyl (C=O) groups excluding carboxylic acids is 1. The molecule has 1 amide bonds. The van der Waals surface area contributed by atoms with E-state index < -0.39 is 22.8 Å². The first-order valence-electron chi connectivity index (χ1n) is 5.71. The van der Waals surface area contributed by atoms with Gasteiger partial charge in [0.25, 0.3) is 5.91 Å². The van der Waals surface area contributed by atoms with Crippen molar-refractivity contribution in [1.82, 2.24) is 15.3 Å². The van der Waals surface area contributed by atoms with Crippen molar-refractivity contribution in [3.05, 3.63) is 44.0 Å². The van der Waals surface area contributed by atoms with E-state index in [1.54, 1.807) is 6.92 Å². The minimum Gasteiger partial charge on any atom is -0.476 e. The molecule has 2 rings (SSSR count). The van der Waals surface area contributed by atoms with Crippen LogP contribution in [0.4, 0.5) is 5.82 Å². The number of aromatic amines is 1. The number of carboxylic acid groups (broad SMARTS) is 1. The molecule has 10 heteroatoms. The van der Waals surface area contributed by atoms with Gasteiger partial charge in [-0.3, -0.25) is 4.79 Å². The zero-order valence-electron chi connectivity index (χ0n) is 10.7. The van der Waals surface area contributed by atoms with Gasteiger partial charge in [0.05, 0.1) is 6.04 Å². The molecule has 0 bridgehead atoms. The van der Waals surface area contributed by atoms with E-state index in [4.69, 9.17) is 5.11 Å². The topological polar surface area (TPSA) is 138 Å². The molecule has 1 unspecified atom stereocenters. The van der Waals surface area contributed by atoms with Crippen LogP contribution < -0.4 is 5.32 Å². The zero-order valence-corrected chi connectivity index (χ0v) is 11.5. The van der Waals surface area contributed by atoms with Crippen LogP contribution in [0.25, 0.3) is 0 Å². The van der Waals surface area contributed by atoms with Crippen molar-refractivity contribution < 1.29 is 19.6 Å². The summed E-state index contributed by atoms with van der Waals surface area (Å²) in [4.78, 5) is 38.8. The quantitative estimate of drug-likeness (QED) is 0.566. The van der Waals surface area contributed by atoms with Gasteiger partial charge in [-0.05, 0) is 17.9 Å². The SMILES string of the molecule is CC(NC(=O)c1ccc([N+](=O)[O-])[nH]1)c1nc(C(=O)O)cs1. The Morgan fingerprint density at radius 3 is 2.76 bits per heavy atom. The van der Waals surface area contributed by atoms with Gasteiger partial charge in [0.15, 0.2) is 11.4 Å². The molecule has 0 radical (unpaired) electrons. The average Bonchev–Trinajstić information content (AvgIpc) is 3.08. The number of hydrogen-bond donors (Lipinski definition) is 3. The molecule has 2 aromatic heterocycles. The highest BCUT2D eigenvalue weighted by Gasteiger charge is 2.20. The summed E-state index contributed by atoms with van der Waals surface area (Å²) in [5.41, 5.74) is -0.0461. The highest BCUT2D eigenvalue weighted by atomic mass is 32.1. The number of amides is 1. The monoisotopic (exact) mass is 310 g/mol. The van der Waals surface area contributed by atoms with Gasteiger partial charge in [-0.15, -0.1) is 11.3 Å². The first kappa shape index (κ1) is 14.7. The molecule has 0 spiro atoms. The van der Waals surface area contributed by atoms with Gasteiger partial charge >= 0.3 is 11.8 Å². The summed E-state index contributed by atoms with van der Waals surface area (Å²) in [6.45, 7) is 1.64. The summed E-state index contributed by atoms with van der Waals surface area (Å²) in [7, 11) is 0. The number of carboxylic acids is 1. The Morgan fingerprint density at radius 1 is 1.52 bits per heavy atom. The molecule has 3 N–H and O–H groups in total. The largest absolute Gasteiger partial charge is 0.476 e. The predicted molar refractivity (Wildman–Crippen MR) is 72.4 cm³/mol. The predicted octanol–water partition coefficient (Wildman–Crippen LogP) is 1.57. The lowest BCUT2D eigenvalue weighted by molar-refractivity contribution is -0.389. The minimum atomic E-state index is -1.14. The number of aromatic carboxylic acids is 1. The molecule has 9 nitrogen and oxygen atoms in total. The van der Waals surface area contributed by atoms with Gasteiger partial charge in [-0.2, -0.15) is 0 Å². The lowest BCUT2D eigenvalue weighted by Crippen LogP contribution is -2.27. The number of thiazole rings is 1. The highest BCUT2D eigenvalue weighted by molar-refractivity contribution is 7.09. The number of carbonyl (C=O) groups is 2. The summed E-state index contributed by atoms with van der Waals surface area (Å²) >= 11 is 1.11. The molecule has 0 saturated heterocycles. The molecule has 0 aliphatic heterocycles. The van der Waals surface area contributed by atoms with Crippen molar-refractivity contribution in [1.29, 1.82) is 0 Å². The molecule has 110 valence electrons. The second-order valence-electron chi connectivity index (χ2n) is 4.09. The third kappa shape index (κ3) is 3.23. The van der Waals surface area contributed by atoms with Crippen LogP contribution in [0.2, 0.25) is 0 Å². The van der Waals surface area contributed by atoms with E-state index in [0.717, 1.165) is 11.3 Å². The van der Waals surface area contributed by atoms with Gasteiger partial charge < -0.3 is 20.5 Å². The van der Waals surface area contributed by atoms with Crippen LogP contribution in [0.15, 0.2) is 17.5 Å². The maximum Gasteiger partial charge on any atom is 0.355 e. The molecular weight excluding hydrogens is 300 g/mol. The first-order chi connectivity index (χ1) is 9.88. The lowest BCUT2D eigenvalue weighted by atomic mass is 10.3. The minimum absolute atomic E-state index is 0.0450. The third-order valence-electron chi connectivity index (χ3n) is 2.57. The van der Waals surface area contributed by atoms with Crippen molar-refractivity contribution >= 4 is 29.0 Å². The van der Waals surface area contributed by atoms with Crippen molar-refractivity contribution in [3.8, 4) is 0 Å². The van der Waals surface area contributed by atoms with E-state index in [9.17, 15) is 19.7 Å². The lowest BCUT2D eigenvalue weighted by Gasteiger charge is -2.08. The van der Waals surface area contributed by atoms with Crippen LogP contribution in [-0.2, 0) is 0 Å². The molecule has 2 heterocycles. The fourth-order valence-corrected chi connectivity index (χ4v) is 2.34. The Labute approximate surface area is 121 Å². The summed E-state index contributed by atoms with van der Waals surface area (Å²) in [6.07, 6.45) is 0. The van der Waals surface area contributed by atoms with Crippen LogP contribution in [0, 0.1) is 10.1 Å². The number of nitrogens with zero attached hydrogens (tertiary/aromatic N) is 2. The molecule has 0 aliphatic carbocycles. The van der Waals surface area contributed by atoms with E-state index in [0.29, 0.717) is 5.01 Å². The average molecular weight is 310 g/mol. The molecule has 0 saturated carbocycles. The normalized spacial score (nSPS) is 11.9.